The van der Waals surface area contributed by atoms with Gasteiger partial charge in [-0.2, -0.15) is 0 Å². The molecule has 2 aliphatic heterocycles. The number of fused-ring (bicyclic) bond motifs is 2. The highest BCUT2D eigenvalue weighted by Crippen LogP contribution is 2.37. The molecule has 0 saturated carbocycles. The number of carbonyl (C=O) groups excluding carboxylic acids is 1. The summed E-state index contributed by atoms with van der Waals surface area (Å²) in [6, 6.07) is 11.2. The Morgan fingerprint density at radius 1 is 1.21 bits per heavy atom. The van der Waals surface area contributed by atoms with Crippen LogP contribution in [0.1, 0.15) is 12.0 Å². The van der Waals surface area contributed by atoms with Crippen molar-refractivity contribution in [2.75, 3.05) is 50.9 Å². The summed E-state index contributed by atoms with van der Waals surface area (Å²) in [4.78, 5) is 22.6. The van der Waals surface area contributed by atoms with E-state index in [4.69, 9.17) is 30.8 Å². The first-order valence-corrected chi connectivity index (χ1v) is 12.4. The fourth-order valence-corrected chi connectivity index (χ4v) is 5.45. The molecule has 7 nitrogen and oxygen atoms in total. The molecule has 0 spiro atoms. The van der Waals surface area contributed by atoms with Gasteiger partial charge < -0.3 is 14.2 Å². The van der Waals surface area contributed by atoms with Crippen molar-refractivity contribution in [1.29, 1.82) is 0 Å². The lowest BCUT2D eigenvalue weighted by Crippen LogP contribution is -2.47. The minimum absolute atomic E-state index is 0.153. The zero-order valence-corrected chi connectivity index (χ0v) is 20.0. The number of thiazole rings is 1. The number of aryl methyl sites for hydroxylation is 1. The van der Waals surface area contributed by atoms with Crippen LogP contribution in [0.5, 0.6) is 11.5 Å². The number of ether oxygens (including phenoxy) is 3. The van der Waals surface area contributed by atoms with E-state index in [1.807, 2.05) is 43.3 Å². The zero-order chi connectivity index (χ0) is 22.8. The van der Waals surface area contributed by atoms with E-state index in [0.717, 1.165) is 55.0 Å². The number of rotatable bonds is 6. The molecule has 1 saturated heterocycles. The van der Waals surface area contributed by atoms with Gasteiger partial charge in [0.1, 0.15) is 6.61 Å². The van der Waals surface area contributed by atoms with Gasteiger partial charge in [-0.3, -0.25) is 14.6 Å². The summed E-state index contributed by atoms with van der Waals surface area (Å²) >= 11 is 7.88. The highest BCUT2D eigenvalue weighted by molar-refractivity contribution is 7.23. The number of anilines is 1. The van der Waals surface area contributed by atoms with Gasteiger partial charge in [0, 0.05) is 26.2 Å². The van der Waals surface area contributed by atoms with Gasteiger partial charge in [-0.25, -0.2) is 4.98 Å². The predicted octanol–water partition coefficient (Wildman–Crippen LogP) is 4.15. The minimum Gasteiger partial charge on any atom is -0.485 e. The molecule has 1 fully saturated rings. The van der Waals surface area contributed by atoms with E-state index < -0.39 is 6.10 Å². The highest BCUT2D eigenvalue weighted by atomic mass is 35.5. The van der Waals surface area contributed by atoms with Gasteiger partial charge in [0.25, 0.3) is 5.91 Å². The zero-order valence-electron chi connectivity index (χ0n) is 18.5. The fourth-order valence-electron chi connectivity index (χ4n) is 4.10. The third-order valence-electron chi connectivity index (χ3n) is 5.93. The molecule has 33 heavy (non-hydrogen) atoms. The molecule has 174 valence electrons. The molecule has 2 aromatic carbocycles. The molecule has 0 N–H and O–H groups in total. The first-order chi connectivity index (χ1) is 16.1. The summed E-state index contributed by atoms with van der Waals surface area (Å²) in [5, 5.41) is 1.28. The van der Waals surface area contributed by atoms with Crippen LogP contribution in [0.25, 0.3) is 10.2 Å². The van der Waals surface area contributed by atoms with Crippen LogP contribution in [-0.2, 0) is 9.53 Å². The monoisotopic (exact) mass is 487 g/mol. The molecule has 9 heteroatoms. The molecule has 3 aromatic rings. The Labute approximate surface area is 201 Å². The van der Waals surface area contributed by atoms with Crippen molar-refractivity contribution < 1.29 is 19.0 Å². The average molecular weight is 488 g/mol. The average Bonchev–Trinajstić information content (AvgIpc) is 3.31. The lowest BCUT2D eigenvalue weighted by molar-refractivity contribution is -0.127. The maximum absolute atomic E-state index is 13.7. The van der Waals surface area contributed by atoms with Crippen molar-refractivity contribution in [1.82, 2.24) is 9.88 Å². The van der Waals surface area contributed by atoms with E-state index in [1.54, 1.807) is 4.90 Å². The molecule has 1 amide bonds. The third kappa shape index (κ3) is 4.80. The molecular weight excluding hydrogens is 462 g/mol. The first kappa shape index (κ1) is 22.4. The normalized spacial score (nSPS) is 18.4. The second kappa shape index (κ2) is 9.85. The number of halogens is 1. The molecule has 3 heterocycles. The number of morpholine rings is 1. The van der Waals surface area contributed by atoms with Gasteiger partial charge in [-0.05, 0) is 37.1 Å². The smallest absolute Gasteiger partial charge is 0.273 e. The Balaban J connectivity index is 1.39. The summed E-state index contributed by atoms with van der Waals surface area (Å²) in [6.07, 6.45) is 0.0882. The number of hydrogen-bond acceptors (Lipinski definition) is 7. The lowest BCUT2D eigenvalue weighted by atomic mass is 10.2. The topological polar surface area (TPSA) is 64.1 Å². The standard InChI is InChI=1S/C24H26ClN3O4S/c1-16-7-8-17(25)22-21(16)26-24(33-22)28(10-4-9-27-11-13-30-14-12-27)23(29)20-15-31-18-5-2-3-6-19(18)32-20/h2-3,5-8,20H,4,9-15H2,1H3/t20-/m1/s1. The van der Waals surface area contributed by atoms with E-state index in [0.29, 0.717) is 28.2 Å². The number of aromatic nitrogens is 1. The Kier molecular flexibility index (Phi) is 6.69. The van der Waals surface area contributed by atoms with Crippen molar-refractivity contribution in [2.45, 2.75) is 19.4 Å². The lowest BCUT2D eigenvalue weighted by Gasteiger charge is -2.31. The van der Waals surface area contributed by atoms with Crippen molar-refractivity contribution in [3.63, 3.8) is 0 Å². The van der Waals surface area contributed by atoms with Gasteiger partial charge in [-0.15, -0.1) is 0 Å². The number of para-hydroxylation sites is 2. The highest BCUT2D eigenvalue weighted by Gasteiger charge is 2.33. The van der Waals surface area contributed by atoms with Gasteiger partial charge in [-0.1, -0.05) is 41.1 Å². The van der Waals surface area contributed by atoms with Crippen LogP contribution in [0, 0.1) is 6.92 Å². The quantitative estimate of drug-likeness (QED) is 0.520. The Morgan fingerprint density at radius 2 is 2.00 bits per heavy atom. The third-order valence-corrected chi connectivity index (χ3v) is 7.47. The van der Waals surface area contributed by atoms with Crippen LogP contribution < -0.4 is 14.4 Å². The van der Waals surface area contributed by atoms with Crippen LogP contribution >= 0.6 is 22.9 Å². The number of carbonyl (C=O) groups is 1. The fraction of sp³-hybridized carbons (Fsp3) is 0.417. The van der Waals surface area contributed by atoms with Crippen LogP contribution in [0.4, 0.5) is 5.13 Å². The Morgan fingerprint density at radius 3 is 2.79 bits per heavy atom. The predicted molar refractivity (Wildman–Crippen MR) is 130 cm³/mol. The van der Waals surface area contributed by atoms with Crippen molar-refractivity contribution >= 4 is 44.2 Å². The van der Waals surface area contributed by atoms with E-state index in [9.17, 15) is 4.79 Å². The molecule has 1 atom stereocenters. The summed E-state index contributed by atoms with van der Waals surface area (Å²) in [6.45, 7) is 6.94. The molecule has 5 rings (SSSR count). The number of benzene rings is 2. The molecular formula is C24H26ClN3O4S. The molecule has 2 aliphatic rings. The second-order valence-corrected chi connectivity index (χ2v) is 9.58. The van der Waals surface area contributed by atoms with Gasteiger partial charge in [0.05, 0.1) is 28.5 Å². The maximum atomic E-state index is 13.7. The van der Waals surface area contributed by atoms with Gasteiger partial charge >= 0.3 is 0 Å². The largest absolute Gasteiger partial charge is 0.485 e. The molecule has 0 radical (unpaired) electrons. The van der Waals surface area contributed by atoms with Crippen LogP contribution in [0.2, 0.25) is 5.02 Å². The SMILES string of the molecule is Cc1ccc(Cl)c2sc(N(CCCN3CCOCC3)C(=O)[C@H]3COc4ccccc4O3)nc12. The summed E-state index contributed by atoms with van der Waals surface area (Å²) in [5.41, 5.74) is 1.86. The molecule has 0 unspecified atom stereocenters. The van der Waals surface area contributed by atoms with Gasteiger partial charge in [0.2, 0.25) is 6.10 Å². The minimum atomic E-state index is -0.730. The van der Waals surface area contributed by atoms with Crippen LogP contribution in [-0.4, -0.2) is 67.9 Å². The summed E-state index contributed by atoms with van der Waals surface area (Å²) in [7, 11) is 0. The summed E-state index contributed by atoms with van der Waals surface area (Å²) < 4.78 is 18.2. The maximum Gasteiger partial charge on any atom is 0.273 e. The van der Waals surface area contributed by atoms with Crippen LogP contribution in [0.15, 0.2) is 36.4 Å². The summed E-state index contributed by atoms with van der Waals surface area (Å²) in [5.74, 6) is 1.08. The van der Waals surface area contributed by atoms with Crippen molar-refractivity contribution in [3.8, 4) is 11.5 Å². The van der Waals surface area contributed by atoms with Crippen LogP contribution in [0.3, 0.4) is 0 Å². The number of nitrogens with zero attached hydrogens (tertiary/aromatic N) is 3. The molecule has 0 bridgehead atoms. The molecule has 1 aromatic heterocycles. The van der Waals surface area contributed by atoms with Crippen molar-refractivity contribution in [2.24, 2.45) is 0 Å². The number of amides is 1. The second-order valence-electron chi connectivity index (χ2n) is 8.20. The van der Waals surface area contributed by atoms with E-state index >= 15 is 0 Å². The van der Waals surface area contributed by atoms with Crippen molar-refractivity contribution in [3.05, 3.63) is 47.0 Å². The van der Waals surface area contributed by atoms with E-state index in [1.165, 1.54) is 11.3 Å². The Hall–Kier alpha value is -2.39. The molecule has 0 aliphatic carbocycles. The Bertz CT molecular complexity index is 1110. The van der Waals surface area contributed by atoms with E-state index in [2.05, 4.69) is 4.90 Å². The number of hydrogen-bond donors (Lipinski definition) is 0. The van der Waals surface area contributed by atoms with E-state index in [-0.39, 0.29) is 12.5 Å². The van der Waals surface area contributed by atoms with Gasteiger partial charge in [0.15, 0.2) is 16.6 Å². The first-order valence-electron chi connectivity index (χ1n) is 11.2.